The van der Waals surface area contributed by atoms with Gasteiger partial charge in [0.1, 0.15) is 0 Å². The molecule has 1 aromatic rings. The van der Waals surface area contributed by atoms with Gasteiger partial charge in [-0.05, 0) is 38.0 Å². The summed E-state index contributed by atoms with van der Waals surface area (Å²) < 4.78 is 0. The normalized spacial score (nSPS) is 10.2. The molecule has 0 saturated heterocycles. The summed E-state index contributed by atoms with van der Waals surface area (Å²) in [4.78, 5) is 13.6. The van der Waals surface area contributed by atoms with Crippen LogP contribution >= 0.6 is 0 Å². The molecule has 0 bridgehead atoms. The van der Waals surface area contributed by atoms with E-state index in [2.05, 4.69) is 24.4 Å². The third-order valence-corrected chi connectivity index (χ3v) is 3.05. The fraction of sp³-hybridized carbons (Fsp3) is 0.533. The minimum Gasteiger partial charge on any atom is -0.376 e. The van der Waals surface area contributed by atoms with Crippen LogP contribution in [0.1, 0.15) is 32.8 Å². The molecule has 3 heteroatoms. The first-order valence-electron chi connectivity index (χ1n) is 6.81. The molecule has 0 aliphatic rings. The van der Waals surface area contributed by atoms with E-state index < -0.39 is 0 Å². The van der Waals surface area contributed by atoms with Crippen molar-refractivity contribution in [2.75, 3.05) is 25.0 Å². The number of hydrogen-bond acceptors (Lipinski definition) is 2. The quantitative estimate of drug-likeness (QED) is 0.804. The Kier molecular flexibility index (Phi) is 6.26. The number of anilines is 1. The van der Waals surface area contributed by atoms with Gasteiger partial charge in [-0.25, -0.2) is 0 Å². The molecule has 1 amide bonds. The highest BCUT2D eigenvalue weighted by atomic mass is 16.2. The van der Waals surface area contributed by atoms with Crippen LogP contribution in [0, 0.1) is 0 Å². The standard InChI is InChI=1S/C15H24N2O/c1-4-7-13-8-10-14(11-9-13)16-12-15(18)17(5-2)6-3/h8-11,16H,4-7,12H2,1-3H3. The second-order valence-corrected chi connectivity index (χ2v) is 4.37. The summed E-state index contributed by atoms with van der Waals surface area (Å²) in [5.41, 5.74) is 2.36. The summed E-state index contributed by atoms with van der Waals surface area (Å²) in [6, 6.07) is 8.32. The van der Waals surface area contributed by atoms with Crippen molar-refractivity contribution in [2.24, 2.45) is 0 Å². The predicted octanol–water partition coefficient (Wildman–Crippen LogP) is 2.92. The van der Waals surface area contributed by atoms with Crippen LogP contribution in [0.5, 0.6) is 0 Å². The number of nitrogens with zero attached hydrogens (tertiary/aromatic N) is 1. The second kappa shape index (κ2) is 7.75. The summed E-state index contributed by atoms with van der Waals surface area (Å²) in [5.74, 6) is 0.151. The largest absolute Gasteiger partial charge is 0.376 e. The van der Waals surface area contributed by atoms with Gasteiger partial charge in [-0.2, -0.15) is 0 Å². The first-order valence-corrected chi connectivity index (χ1v) is 6.81. The molecule has 0 radical (unpaired) electrons. The summed E-state index contributed by atoms with van der Waals surface area (Å²) in [6.07, 6.45) is 2.27. The molecule has 1 aromatic carbocycles. The number of benzene rings is 1. The van der Waals surface area contributed by atoms with E-state index in [-0.39, 0.29) is 5.91 Å². The molecule has 100 valence electrons. The maximum Gasteiger partial charge on any atom is 0.241 e. The number of aryl methyl sites for hydroxylation is 1. The Morgan fingerprint density at radius 3 is 2.22 bits per heavy atom. The Balaban J connectivity index is 2.45. The molecule has 0 heterocycles. The van der Waals surface area contributed by atoms with Crippen molar-refractivity contribution in [3.05, 3.63) is 29.8 Å². The van der Waals surface area contributed by atoms with Crippen molar-refractivity contribution in [2.45, 2.75) is 33.6 Å². The highest BCUT2D eigenvalue weighted by molar-refractivity contribution is 5.80. The first kappa shape index (κ1) is 14.6. The Bertz CT molecular complexity index is 355. The average molecular weight is 248 g/mol. The highest BCUT2D eigenvalue weighted by Crippen LogP contribution is 2.10. The van der Waals surface area contributed by atoms with Gasteiger partial charge >= 0.3 is 0 Å². The van der Waals surface area contributed by atoms with E-state index in [9.17, 15) is 4.79 Å². The van der Waals surface area contributed by atoms with Crippen molar-refractivity contribution in [3.63, 3.8) is 0 Å². The molecule has 0 aromatic heterocycles. The van der Waals surface area contributed by atoms with Crippen LogP contribution in [0.3, 0.4) is 0 Å². The van der Waals surface area contributed by atoms with Crippen LogP contribution in [0.4, 0.5) is 5.69 Å². The molecule has 0 atom stereocenters. The van der Waals surface area contributed by atoms with Crippen molar-refractivity contribution in [1.82, 2.24) is 4.90 Å². The Morgan fingerprint density at radius 2 is 1.72 bits per heavy atom. The SMILES string of the molecule is CCCc1ccc(NCC(=O)N(CC)CC)cc1. The zero-order valence-corrected chi connectivity index (χ0v) is 11.7. The van der Waals surface area contributed by atoms with Crippen LogP contribution in [0.25, 0.3) is 0 Å². The zero-order valence-electron chi connectivity index (χ0n) is 11.7. The van der Waals surface area contributed by atoms with Gasteiger partial charge in [-0.1, -0.05) is 25.5 Å². The topological polar surface area (TPSA) is 32.3 Å². The number of carbonyl (C=O) groups excluding carboxylic acids is 1. The lowest BCUT2D eigenvalue weighted by Crippen LogP contribution is -2.35. The molecule has 0 saturated carbocycles. The van der Waals surface area contributed by atoms with Crippen molar-refractivity contribution in [1.29, 1.82) is 0 Å². The number of rotatable bonds is 7. The lowest BCUT2D eigenvalue weighted by atomic mass is 10.1. The maximum atomic E-state index is 11.8. The van der Waals surface area contributed by atoms with E-state index in [0.717, 1.165) is 31.6 Å². The van der Waals surface area contributed by atoms with Crippen LogP contribution in [0.15, 0.2) is 24.3 Å². The monoisotopic (exact) mass is 248 g/mol. The van der Waals surface area contributed by atoms with E-state index in [1.165, 1.54) is 5.56 Å². The number of amides is 1. The zero-order chi connectivity index (χ0) is 13.4. The van der Waals surface area contributed by atoms with E-state index in [1.807, 2.05) is 30.9 Å². The molecule has 0 spiro atoms. The molecule has 18 heavy (non-hydrogen) atoms. The smallest absolute Gasteiger partial charge is 0.241 e. The summed E-state index contributed by atoms with van der Waals surface area (Å²) in [6.45, 7) is 8.09. The second-order valence-electron chi connectivity index (χ2n) is 4.37. The number of likely N-dealkylation sites (N-methyl/N-ethyl adjacent to an activating group) is 1. The Morgan fingerprint density at radius 1 is 1.11 bits per heavy atom. The van der Waals surface area contributed by atoms with E-state index in [1.54, 1.807) is 0 Å². The third-order valence-electron chi connectivity index (χ3n) is 3.05. The first-order chi connectivity index (χ1) is 8.71. The summed E-state index contributed by atoms with van der Waals surface area (Å²) >= 11 is 0. The number of nitrogens with one attached hydrogen (secondary N) is 1. The van der Waals surface area contributed by atoms with Gasteiger partial charge in [0.15, 0.2) is 0 Å². The minimum absolute atomic E-state index is 0.151. The van der Waals surface area contributed by atoms with Gasteiger partial charge in [0, 0.05) is 18.8 Å². The van der Waals surface area contributed by atoms with Crippen LogP contribution in [-0.2, 0) is 11.2 Å². The summed E-state index contributed by atoms with van der Waals surface area (Å²) in [5, 5.41) is 3.17. The molecule has 0 aliphatic carbocycles. The fourth-order valence-corrected chi connectivity index (χ4v) is 1.94. The molecule has 0 aliphatic heterocycles. The van der Waals surface area contributed by atoms with Crippen LogP contribution in [-0.4, -0.2) is 30.4 Å². The third kappa shape index (κ3) is 4.40. The van der Waals surface area contributed by atoms with Gasteiger partial charge in [-0.15, -0.1) is 0 Å². The number of hydrogen-bond donors (Lipinski definition) is 1. The highest BCUT2D eigenvalue weighted by Gasteiger charge is 2.08. The summed E-state index contributed by atoms with van der Waals surface area (Å²) in [7, 11) is 0. The Hall–Kier alpha value is -1.51. The van der Waals surface area contributed by atoms with E-state index >= 15 is 0 Å². The van der Waals surface area contributed by atoms with E-state index in [4.69, 9.17) is 0 Å². The lowest BCUT2D eigenvalue weighted by molar-refractivity contribution is -0.128. The van der Waals surface area contributed by atoms with E-state index in [0.29, 0.717) is 6.54 Å². The maximum absolute atomic E-state index is 11.8. The Labute approximate surface area is 110 Å². The molecule has 1 rings (SSSR count). The van der Waals surface area contributed by atoms with Crippen LogP contribution < -0.4 is 5.32 Å². The molecular weight excluding hydrogens is 224 g/mol. The van der Waals surface area contributed by atoms with Crippen molar-refractivity contribution >= 4 is 11.6 Å². The molecule has 1 N–H and O–H groups in total. The van der Waals surface area contributed by atoms with Crippen molar-refractivity contribution < 1.29 is 4.79 Å². The minimum atomic E-state index is 0.151. The average Bonchev–Trinajstić information content (AvgIpc) is 2.40. The lowest BCUT2D eigenvalue weighted by Gasteiger charge is -2.19. The van der Waals surface area contributed by atoms with Gasteiger partial charge < -0.3 is 10.2 Å². The van der Waals surface area contributed by atoms with Gasteiger partial charge in [0.25, 0.3) is 0 Å². The van der Waals surface area contributed by atoms with Gasteiger partial charge in [-0.3, -0.25) is 4.79 Å². The fourth-order valence-electron chi connectivity index (χ4n) is 1.94. The van der Waals surface area contributed by atoms with Crippen LogP contribution in [0.2, 0.25) is 0 Å². The van der Waals surface area contributed by atoms with Crippen molar-refractivity contribution in [3.8, 4) is 0 Å². The predicted molar refractivity (Wildman–Crippen MR) is 76.9 cm³/mol. The van der Waals surface area contributed by atoms with Gasteiger partial charge in [0.2, 0.25) is 5.91 Å². The molecular formula is C15H24N2O. The molecule has 0 fully saturated rings. The number of carbonyl (C=O) groups is 1. The molecule has 0 unspecified atom stereocenters. The van der Waals surface area contributed by atoms with Gasteiger partial charge in [0.05, 0.1) is 6.54 Å². The molecule has 3 nitrogen and oxygen atoms in total.